The Bertz CT molecular complexity index is 425. The standard InChI is InChI=1S/C16H24N2O2/c1-17-16(12-15(19)20-2)8-10-18(11-9-16)13-14-6-4-3-5-7-14/h3-7,17H,8-13H2,1-2H3. The van der Waals surface area contributed by atoms with Gasteiger partial charge in [0, 0.05) is 25.2 Å². The van der Waals surface area contributed by atoms with Crippen LogP contribution >= 0.6 is 0 Å². The first-order valence-electron chi connectivity index (χ1n) is 7.19. The number of carbonyl (C=O) groups is 1. The molecule has 0 spiro atoms. The Labute approximate surface area is 121 Å². The molecule has 0 aliphatic carbocycles. The van der Waals surface area contributed by atoms with Crippen molar-refractivity contribution >= 4 is 5.97 Å². The summed E-state index contributed by atoms with van der Waals surface area (Å²) in [4.78, 5) is 14.0. The minimum Gasteiger partial charge on any atom is -0.469 e. The first kappa shape index (κ1) is 15.0. The highest BCUT2D eigenvalue weighted by Crippen LogP contribution is 2.26. The zero-order chi connectivity index (χ0) is 14.4. The summed E-state index contributed by atoms with van der Waals surface area (Å²) in [5, 5.41) is 3.34. The third-order valence-corrected chi connectivity index (χ3v) is 4.30. The molecule has 1 aliphatic heterocycles. The first-order chi connectivity index (χ1) is 9.67. The summed E-state index contributed by atoms with van der Waals surface area (Å²) in [6, 6.07) is 10.5. The maximum atomic E-state index is 11.5. The molecule has 1 heterocycles. The van der Waals surface area contributed by atoms with Gasteiger partial charge in [-0.05, 0) is 25.5 Å². The van der Waals surface area contributed by atoms with Gasteiger partial charge in [-0.3, -0.25) is 9.69 Å². The highest BCUT2D eigenvalue weighted by atomic mass is 16.5. The smallest absolute Gasteiger partial charge is 0.307 e. The molecule has 4 nitrogen and oxygen atoms in total. The zero-order valence-electron chi connectivity index (χ0n) is 12.4. The summed E-state index contributed by atoms with van der Waals surface area (Å²) in [5.41, 5.74) is 1.25. The third kappa shape index (κ3) is 3.81. The van der Waals surface area contributed by atoms with Crippen molar-refractivity contribution in [1.29, 1.82) is 0 Å². The second-order valence-corrected chi connectivity index (χ2v) is 5.54. The van der Waals surface area contributed by atoms with Gasteiger partial charge < -0.3 is 10.1 Å². The van der Waals surface area contributed by atoms with Crippen LogP contribution in [0.5, 0.6) is 0 Å². The van der Waals surface area contributed by atoms with E-state index in [1.54, 1.807) is 0 Å². The Hall–Kier alpha value is -1.39. The first-order valence-corrected chi connectivity index (χ1v) is 7.19. The summed E-state index contributed by atoms with van der Waals surface area (Å²) in [5.74, 6) is -0.129. The van der Waals surface area contributed by atoms with Crippen molar-refractivity contribution < 1.29 is 9.53 Å². The number of hydrogen-bond donors (Lipinski definition) is 1. The molecule has 1 aliphatic rings. The molecule has 1 fully saturated rings. The number of esters is 1. The van der Waals surface area contributed by atoms with E-state index < -0.39 is 0 Å². The molecule has 0 bridgehead atoms. The van der Waals surface area contributed by atoms with Crippen LogP contribution < -0.4 is 5.32 Å². The monoisotopic (exact) mass is 276 g/mol. The van der Waals surface area contributed by atoms with Gasteiger partial charge in [-0.1, -0.05) is 30.3 Å². The van der Waals surface area contributed by atoms with Crippen molar-refractivity contribution in [3.8, 4) is 0 Å². The molecule has 20 heavy (non-hydrogen) atoms. The second kappa shape index (κ2) is 6.86. The quantitative estimate of drug-likeness (QED) is 0.833. The lowest BCUT2D eigenvalue weighted by Gasteiger charge is -2.41. The molecule has 2 rings (SSSR count). The van der Waals surface area contributed by atoms with Gasteiger partial charge in [0.1, 0.15) is 0 Å². The molecule has 0 saturated carbocycles. The Morgan fingerprint density at radius 1 is 1.30 bits per heavy atom. The SMILES string of the molecule is CNC1(CC(=O)OC)CCN(Cc2ccccc2)CC1. The lowest BCUT2D eigenvalue weighted by Crippen LogP contribution is -2.53. The number of rotatable bonds is 5. The summed E-state index contributed by atoms with van der Waals surface area (Å²) in [6.45, 7) is 3.00. The van der Waals surface area contributed by atoms with Gasteiger partial charge in [0.05, 0.1) is 13.5 Å². The van der Waals surface area contributed by atoms with Crippen molar-refractivity contribution in [3.05, 3.63) is 35.9 Å². The summed E-state index contributed by atoms with van der Waals surface area (Å²) in [6.07, 6.45) is 2.41. The molecule has 1 saturated heterocycles. The van der Waals surface area contributed by atoms with E-state index in [2.05, 4.69) is 34.5 Å². The van der Waals surface area contributed by atoms with Crippen molar-refractivity contribution in [3.63, 3.8) is 0 Å². The highest BCUT2D eigenvalue weighted by Gasteiger charge is 2.35. The van der Waals surface area contributed by atoms with Gasteiger partial charge in [0.15, 0.2) is 0 Å². The molecule has 0 aromatic heterocycles. The van der Waals surface area contributed by atoms with E-state index in [0.29, 0.717) is 6.42 Å². The van der Waals surface area contributed by atoms with Gasteiger partial charge in [-0.25, -0.2) is 0 Å². The summed E-state index contributed by atoms with van der Waals surface area (Å²) >= 11 is 0. The topological polar surface area (TPSA) is 41.6 Å². The fraction of sp³-hybridized carbons (Fsp3) is 0.562. The van der Waals surface area contributed by atoms with Crippen molar-refractivity contribution in [2.45, 2.75) is 31.3 Å². The largest absolute Gasteiger partial charge is 0.469 e. The van der Waals surface area contributed by atoms with Crippen LogP contribution in [0.25, 0.3) is 0 Å². The number of carbonyl (C=O) groups excluding carboxylic acids is 1. The van der Waals surface area contributed by atoms with E-state index in [9.17, 15) is 4.79 Å². The minimum atomic E-state index is -0.129. The average molecular weight is 276 g/mol. The Morgan fingerprint density at radius 3 is 2.50 bits per heavy atom. The van der Waals surface area contributed by atoms with Crippen molar-refractivity contribution in [1.82, 2.24) is 10.2 Å². The lowest BCUT2D eigenvalue weighted by molar-refractivity contribution is -0.142. The fourth-order valence-electron chi connectivity index (χ4n) is 2.84. The Morgan fingerprint density at radius 2 is 1.95 bits per heavy atom. The van der Waals surface area contributed by atoms with Gasteiger partial charge in [-0.2, -0.15) is 0 Å². The lowest BCUT2D eigenvalue weighted by atomic mass is 9.84. The number of piperidine rings is 1. The molecule has 0 amide bonds. The van der Waals surface area contributed by atoms with E-state index >= 15 is 0 Å². The maximum absolute atomic E-state index is 11.5. The van der Waals surface area contributed by atoms with Crippen molar-refractivity contribution in [2.75, 3.05) is 27.2 Å². The molecular weight excluding hydrogens is 252 g/mol. The van der Waals surface area contributed by atoms with E-state index in [1.807, 2.05) is 13.1 Å². The molecule has 1 aromatic carbocycles. The van der Waals surface area contributed by atoms with E-state index in [1.165, 1.54) is 12.7 Å². The molecule has 0 atom stereocenters. The minimum absolute atomic E-state index is 0.0969. The second-order valence-electron chi connectivity index (χ2n) is 5.54. The molecule has 1 aromatic rings. The van der Waals surface area contributed by atoms with Crippen LogP contribution in [0.1, 0.15) is 24.8 Å². The zero-order valence-corrected chi connectivity index (χ0v) is 12.4. The van der Waals surface area contributed by atoms with Gasteiger partial charge in [-0.15, -0.1) is 0 Å². The number of hydrogen-bond acceptors (Lipinski definition) is 4. The highest BCUT2D eigenvalue weighted by molar-refractivity contribution is 5.70. The Kier molecular flexibility index (Phi) is 5.15. The molecule has 4 heteroatoms. The number of nitrogens with one attached hydrogen (secondary N) is 1. The summed E-state index contributed by atoms with van der Waals surface area (Å²) in [7, 11) is 3.39. The van der Waals surface area contributed by atoms with E-state index in [4.69, 9.17) is 4.74 Å². The van der Waals surface area contributed by atoms with Crippen LogP contribution in [0.15, 0.2) is 30.3 Å². The maximum Gasteiger partial charge on any atom is 0.307 e. The molecule has 0 unspecified atom stereocenters. The van der Waals surface area contributed by atoms with Crippen LogP contribution in [0.3, 0.4) is 0 Å². The number of benzene rings is 1. The fourth-order valence-corrected chi connectivity index (χ4v) is 2.84. The Balaban J connectivity index is 1.89. The van der Waals surface area contributed by atoms with Crippen molar-refractivity contribution in [2.24, 2.45) is 0 Å². The average Bonchev–Trinajstić information content (AvgIpc) is 2.50. The molecule has 110 valence electrons. The number of methoxy groups -OCH3 is 1. The van der Waals surface area contributed by atoms with Gasteiger partial charge in [0.25, 0.3) is 0 Å². The van der Waals surface area contributed by atoms with Crippen LogP contribution in [-0.4, -0.2) is 43.7 Å². The molecular formula is C16H24N2O2. The third-order valence-electron chi connectivity index (χ3n) is 4.30. The predicted octanol–water partition coefficient (Wildman–Crippen LogP) is 1.80. The van der Waals surface area contributed by atoms with E-state index in [-0.39, 0.29) is 11.5 Å². The number of ether oxygens (including phenoxy) is 1. The molecule has 1 N–H and O–H groups in total. The van der Waals surface area contributed by atoms with Crippen LogP contribution in [-0.2, 0) is 16.1 Å². The predicted molar refractivity (Wildman–Crippen MR) is 79.4 cm³/mol. The summed E-state index contributed by atoms with van der Waals surface area (Å²) < 4.78 is 4.81. The number of nitrogens with zero attached hydrogens (tertiary/aromatic N) is 1. The molecule has 0 radical (unpaired) electrons. The van der Waals surface area contributed by atoms with Gasteiger partial charge in [0.2, 0.25) is 0 Å². The van der Waals surface area contributed by atoms with E-state index in [0.717, 1.165) is 32.5 Å². The normalized spacial score (nSPS) is 18.7. The van der Waals surface area contributed by atoms with Crippen LogP contribution in [0.4, 0.5) is 0 Å². The number of likely N-dealkylation sites (tertiary alicyclic amines) is 1. The van der Waals surface area contributed by atoms with Crippen LogP contribution in [0.2, 0.25) is 0 Å². The van der Waals surface area contributed by atoms with Crippen LogP contribution in [0, 0.1) is 0 Å². The van der Waals surface area contributed by atoms with Gasteiger partial charge >= 0.3 is 5.97 Å².